The summed E-state index contributed by atoms with van der Waals surface area (Å²) in [6, 6.07) is 20.9. The maximum absolute atomic E-state index is 14.0. The summed E-state index contributed by atoms with van der Waals surface area (Å²) >= 11 is 0. The Morgan fingerprint density at radius 3 is 2.15 bits per heavy atom. The highest BCUT2D eigenvalue weighted by Gasteiger charge is 2.59. The van der Waals surface area contributed by atoms with Gasteiger partial charge in [-0.3, -0.25) is 19.4 Å². The van der Waals surface area contributed by atoms with Gasteiger partial charge in [-0.25, -0.2) is 4.98 Å². The van der Waals surface area contributed by atoms with Crippen LogP contribution in [0.5, 0.6) is 5.88 Å². The van der Waals surface area contributed by atoms with E-state index in [4.69, 9.17) is 4.74 Å². The summed E-state index contributed by atoms with van der Waals surface area (Å²) in [7, 11) is 0. The lowest BCUT2D eigenvalue weighted by molar-refractivity contribution is 0.0265. The van der Waals surface area contributed by atoms with E-state index in [1.807, 2.05) is 30.0 Å². The fourth-order valence-electron chi connectivity index (χ4n) is 5.17. The number of fused-ring (bicyclic) bond motifs is 1. The van der Waals surface area contributed by atoms with Crippen molar-refractivity contribution in [3.05, 3.63) is 94.7 Å². The van der Waals surface area contributed by atoms with E-state index < -0.39 is 5.54 Å². The monoisotopic (exact) mass is 455 g/mol. The van der Waals surface area contributed by atoms with E-state index in [1.54, 1.807) is 24.3 Å². The lowest BCUT2D eigenvalue weighted by atomic mass is 9.85. The summed E-state index contributed by atoms with van der Waals surface area (Å²) in [5.74, 6) is 0.0392. The van der Waals surface area contributed by atoms with Crippen molar-refractivity contribution in [1.29, 1.82) is 0 Å². The molecule has 0 amide bonds. The van der Waals surface area contributed by atoms with Crippen LogP contribution in [0, 0.1) is 6.92 Å². The number of aryl methyl sites for hydroxylation is 1. The van der Waals surface area contributed by atoms with Gasteiger partial charge in [-0.2, -0.15) is 0 Å². The normalized spacial score (nSPS) is 18.2. The first-order chi connectivity index (χ1) is 16.6. The second kappa shape index (κ2) is 9.12. The Morgan fingerprint density at radius 1 is 0.853 bits per heavy atom. The SMILES string of the molecule is CCOc1cccc(C2(N3CCN(Cc4ccccc4C)CC3)C(=O)c3ccccc3C2=O)n1. The molecule has 1 saturated heterocycles. The van der Waals surface area contributed by atoms with Gasteiger partial charge in [-0.15, -0.1) is 0 Å². The predicted molar refractivity (Wildman–Crippen MR) is 130 cm³/mol. The topological polar surface area (TPSA) is 62.7 Å². The second-order valence-corrected chi connectivity index (χ2v) is 8.90. The number of ketones is 2. The van der Waals surface area contributed by atoms with E-state index in [0.29, 0.717) is 42.4 Å². The summed E-state index contributed by atoms with van der Waals surface area (Å²) in [4.78, 5) is 37.0. The van der Waals surface area contributed by atoms with E-state index in [0.717, 1.165) is 19.6 Å². The maximum Gasteiger partial charge on any atom is 0.213 e. The van der Waals surface area contributed by atoms with Gasteiger partial charge in [0.15, 0.2) is 17.1 Å². The molecule has 2 aromatic carbocycles. The van der Waals surface area contributed by atoms with Crippen molar-refractivity contribution in [3.63, 3.8) is 0 Å². The molecule has 2 aliphatic rings. The minimum Gasteiger partial charge on any atom is -0.478 e. The molecule has 0 spiro atoms. The molecule has 174 valence electrons. The second-order valence-electron chi connectivity index (χ2n) is 8.90. The van der Waals surface area contributed by atoms with Gasteiger partial charge in [0.2, 0.25) is 5.88 Å². The zero-order valence-corrected chi connectivity index (χ0v) is 19.7. The molecule has 0 N–H and O–H groups in total. The number of carbonyl (C=O) groups is 2. The Kier molecular flexibility index (Phi) is 6.02. The number of hydrogen-bond acceptors (Lipinski definition) is 6. The summed E-state index contributed by atoms with van der Waals surface area (Å²) < 4.78 is 5.62. The summed E-state index contributed by atoms with van der Waals surface area (Å²) in [5, 5.41) is 0. The van der Waals surface area contributed by atoms with Gasteiger partial charge in [0, 0.05) is 49.9 Å². The van der Waals surface area contributed by atoms with Crippen molar-refractivity contribution in [2.24, 2.45) is 0 Å². The molecule has 3 aromatic rings. The molecule has 1 aromatic heterocycles. The van der Waals surface area contributed by atoms with Crippen LogP contribution < -0.4 is 4.74 Å². The molecule has 0 unspecified atom stereocenters. The summed E-state index contributed by atoms with van der Waals surface area (Å²) in [6.07, 6.45) is 0. The van der Waals surface area contributed by atoms with Gasteiger partial charge in [0.25, 0.3) is 0 Å². The minimum absolute atomic E-state index is 0.193. The number of aromatic nitrogens is 1. The molecule has 34 heavy (non-hydrogen) atoms. The Bertz CT molecular complexity index is 1200. The number of Topliss-reactive ketones (excluding diaryl/α,β-unsaturated/α-hetero) is 2. The van der Waals surface area contributed by atoms with Crippen molar-refractivity contribution in [2.75, 3.05) is 32.8 Å². The molecule has 1 fully saturated rings. The number of benzene rings is 2. The highest BCUT2D eigenvalue weighted by molar-refractivity contribution is 6.32. The third kappa shape index (κ3) is 3.63. The van der Waals surface area contributed by atoms with Gasteiger partial charge in [-0.1, -0.05) is 54.6 Å². The number of piperazine rings is 1. The molecule has 2 heterocycles. The Balaban J connectivity index is 1.49. The standard InChI is InChI=1S/C28H29N3O3/c1-3-34-25-14-8-13-24(29-25)28(26(32)22-11-6-7-12-23(22)27(28)33)31-17-15-30(16-18-31)19-21-10-5-4-9-20(21)2/h4-14H,3,15-19H2,1-2H3. The third-order valence-electron chi connectivity index (χ3n) is 6.96. The van der Waals surface area contributed by atoms with Crippen molar-refractivity contribution in [2.45, 2.75) is 25.9 Å². The van der Waals surface area contributed by atoms with Crippen molar-refractivity contribution >= 4 is 11.6 Å². The van der Waals surface area contributed by atoms with Crippen LogP contribution in [0.2, 0.25) is 0 Å². The maximum atomic E-state index is 14.0. The molecule has 5 rings (SSSR count). The van der Waals surface area contributed by atoms with Crippen LogP contribution in [0.4, 0.5) is 0 Å². The van der Waals surface area contributed by atoms with Crippen molar-refractivity contribution in [3.8, 4) is 5.88 Å². The first kappa shape index (κ1) is 22.4. The first-order valence-electron chi connectivity index (χ1n) is 11.9. The number of pyridine rings is 1. The number of hydrogen-bond donors (Lipinski definition) is 0. The number of rotatable bonds is 6. The van der Waals surface area contributed by atoms with Crippen LogP contribution in [-0.2, 0) is 12.1 Å². The summed E-state index contributed by atoms with van der Waals surface area (Å²) in [6.45, 7) is 8.05. The van der Waals surface area contributed by atoms with Gasteiger partial charge < -0.3 is 4.74 Å². The molecular weight excluding hydrogens is 426 g/mol. The van der Waals surface area contributed by atoms with E-state index >= 15 is 0 Å². The van der Waals surface area contributed by atoms with E-state index in [-0.39, 0.29) is 11.6 Å². The number of ether oxygens (including phenoxy) is 1. The first-order valence-corrected chi connectivity index (χ1v) is 11.9. The fourth-order valence-corrected chi connectivity index (χ4v) is 5.17. The molecule has 6 heteroatoms. The van der Waals surface area contributed by atoms with Gasteiger partial charge in [0.05, 0.1) is 12.3 Å². The lowest BCUT2D eigenvalue weighted by Gasteiger charge is -2.43. The lowest BCUT2D eigenvalue weighted by Crippen LogP contribution is -2.60. The van der Waals surface area contributed by atoms with Crippen LogP contribution in [-0.4, -0.2) is 59.1 Å². The zero-order chi connectivity index (χ0) is 23.7. The van der Waals surface area contributed by atoms with Gasteiger partial charge in [-0.05, 0) is 31.0 Å². The quantitative estimate of drug-likeness (QED) is 0.526. The molecule has 0 radical (unpaired) electrons. The zero-order valence-electron chi connectivity index (χ0n) is 19.7. The number of nitrogens with zero attached hydrogens (tertiary/aromatic N) is 3. The average Bonchev–Trinajstić information content (AvgIpc) is 3.09. The highest BCUT2D eigenvalue weighted by atomic mass is 16.5. The Hall–Kier alpha value is -3.35. The largest absolute Gasteiger partial charge is 0.478 e. The molecule has 1 aliphatic heterocycles. The minimum atomic E-state index is -1.45. The van der Waals surface area contributed by atoms with E-state index in [9.17, 15) is 9.59 Å². The predicted octanol–water partition coefficient (Wildman–Crippen LogP) is 3.88. The van der Waals surface area contributed by atoms with Crippen LogP contribution in [0.1, 0.15) is 44.5 Å². The van der Waals surface area contributed by atoms with Gasteiger partial charge >= 0.3 is 0 Å². The molecule has 1 aliphatic carbocycles. The molecule has 0 atom stereocenters. The smallest absolute Gasteiger partial charge is 0.213 e. The highest BCUT2D eigenvalue weighted by Crippen LogP contribution is 2.42. The molecule has 0 saturated carbocycles. The third-order valence-corrected chi connectivity index (χ3v) is 6.96. The van der Waals surface area contributed by atoms with E-state index in [1.165, 1.54) is 11.1 Å². The average molecular weight is 456 g/mol. The van der Waals surface area contributed by atoms with Gasteiger partial charge in [0.1, 0.15) is 0 Å². The van der Waals surface area contributed by atoms with E-state index in [2.05, 4.69) is 41.1 Å². The van der Waals surface area contributed by atoms with Crippen LogP contribution >= 0.6 is 0 Å². The van der Waals surface area contributed by atoms with Crippen LogP contribution in [0.25, 0.3) is 0 Å². The molecular formula is C28H29N3O3. The van der Waals surface area contributed by atoms with Crippen molar-refractivity contribution < 1.29 is 14.3 Å². The Morgan fingerprint density at radius 2 is 1.50 bits per heavy atom. The molecule has 6 nitrogen and oxygen atoms in total. The summed E-state index contributed by atoms with van der Waals surface area (Å²) in [5.41, 5.74) is 2.51. The Labute approximate surface area is 200 Å². The van der Waals surface area contributed by atoms with Crippen molar-refractivity contribution in [1.82, 2.24) is 14.8 Å². The van der Waals surface area contributed by atoms with Crippen LogP contribution in [0.15, 0.2) is 66.7 Å². The number of carbonyl (C=O) groups excluding carboxylic acids is 2. The van der Waals surface area contributed by atoms with Crippen LogP contribution in [0.3, 0.4) is 0 Å². The molecule has 0 bridgehead atoms. The fraction of sp³-hybridized carbons (Fsp3) is 0.321.